The Morgan fingerprint density at radius 3 is 2.18 bits per heavy atom. The molecule has 45 heavy (non-hydrogen) atoms. The number of esters is 2. The predicted octanol–water partition coefficient (Wildman–Crippen LogP) is 4.33. The van der Waals surface area contributed by atoms with Crippen LogP contribution in [0.3, 0.4) is 0 Å². The molecule has 1 unspecified atom stereocenters. The first kappa shape index (κ1) is 35.4. The number of hydrogen-bond acceptors (Lipinski definition) is 10. The Kier molecular flexibility index (Phi) is 11.6. The predicted molar refractivity (Wildman–Crippen MR) is 162 cm³/mol. The van der Waals surface area contributed by atoms with Gasteiger partial charge in [-0.05, 0) is 43.2 Å². The van der Waals surface area contributed by atoms with E-state index in [4.69, 9.17) is 14.2 Å². The molecule has 2 aliphatic rings. The van der Waals surface area contributed by atoms with Gasteiger partial charge in [0.25, 0.3) is 17.5 Å². The first-order chi connectivity index (χ1) is 21.1. The van der Waals surface area contributed by atoms with Crippen molar-refractivity contribution in [3.63, 3.8) is 0 Å². The highest BCUT2D eigenvalue weighted by Gasteiger charge is 2.46. The van der Waals surface area contributed by atoms with Crippen molar-refractivity contribution in [1.82, 2.24) is 10.2 Å². The molecule has 13 nitrogen and oxygen atoms in total. The molecule has 5 atom stereocenters. The Morgan fingerprint density at radius 2 is 1.64 bits per heavy atom. The molecule has 0 aromatic heterocycles. The van der Waals surface area contributed by atoms with Gasteiger partial charge in [0.05, 0.1) is 34.3 Å². The van der Waals surface area contributed by atoms with Crippen molar-refractivity contribution in [2.75, 3.05) is 0 Å². The van der Waals surface area contributed by atoms with Gasteiger partial charge >= 0.3 is 11.9 Å². The zero-order valence-corrected chi connectivity index (χ0v) is 27.0. The summed E-state index contributed by atoms with van der Waals surface area (Å²) in [6, 6.07) is 1.56. The van der Waals surface area contributed by atoms with Crippen LogP contribution in [0.25, 0.3) is 0 Å². The third-order valence-corrected chi connectivity index (χ3v) is 8.03. The summed E-state index contributed by atoms with van der Waals surface area (Å²) in [7, 11) is 0. The van der Waals surface area contributed by atoms with E-state index in [-0.39, 0.29) is 47.2 Å². The van der Waals surface area contributed by atoms with Gasteiger partial charge in [0.1, 0.15) is 6.04 Å². The van der Waals surface area contributed by atoms with Gasteiger partial charge in [-0.3, -0.25) is 29.4 Å². The van der Waals surface area contributed by atoms with Crippen LogP contribution in [0.15, 0.2) is 29.8 Å². The molecule has 0 bridgehead atoms. The Labute approximate surface area is 262 Å². The van der Waals surface area contributed by atoms with E-state index >= 15 is 0 Å². The Bertz CT molecular complexity index is 1370. The van der Waals surface area contributed by atoms with E-state index in [1.165, 1.54) is 13.0 Å². The van der Waals surface area contributed by atoms with E-state index < -0.39 is 58.9 Å². The van der Waals surface area contributed by atoms with Gasteiger partial charge in [-0.2, -0.15) is 0 Å². The maximum absolute atomic E-state index is 13.6. The highest BCUT2D eigenvalue weighted by atomic mass is 16.7. The number of non-ortho nitro benzene ring substituents is 1. The second-order valence-electron chi connectivity index (χ2n) is 12.2. The molecule has 13 heteroatoms. The summed E-state index contributed by atoms with van der Waals surface area (Å²) in [5.74, 6) is -4.81. The number of imide groups is 1. The number of nitrogens with one attached hydrogen (secondary N) is 1. The number of nitro groups is 1. The van der Waals surface area contributed by atoms with E-state index in [1.807, 2.05) is 20.8 Å². The minimum atomic E-state index is -1.39. The second kappa shape index (κ2) is 14.8. The van der Waals surface area contributed by atoms with E-state index in [9.17, 15) is 34.1 Å². The summed E-state index contributed by atoms with van der Waals surface area (Å²) < 4.78 is 17.6. The Hall–Kier alpha value is -4.13. The van der Waals surface area contributed by atoms with Gasteiger partial charge in [-0.25, -0.2) is 9.59 Å². The van der Waals surface area contributed by atoms with Crippen LogP contribution >= 0.6 is 0 Å². The first-order valence-corrected chi connectivity index (χ1v) is 15.3. The van der Waals surface area contributed by atoms with Gasteiger partial charge in [0, 0.05) is 30.5 Å². The quantitative estimate of drug-likeness (QED) is 0.109. The fraction of sp³-hybridized carbons (Fsp3) is 0.594. The fourth-order valence-corrected chi connectivity index (χ4v) is 5.56. The lowest BCUT2D eigenvalue weighted by molar-refractivity contribution is -0.384. The van der Waals surface area contributed by atoms with Crippen molar-refractivity contribution in [3.05, 3.63) is 51.1 Å². The lowest BCUT2D eigenvalue weighted by Crippen LogP contribution is -2.51. The standard InChI is InChI=1S/C32H43N3O10/c1-9-22(10-2)43-25-14-20(13-18(7)26(25)33-19(8)36)30(39)44-32(17(5)6)45-31(40)27(16(3)4)34-28(37)23-12-11-21(35(41)42)15-24(23)29(34)38/h11-12,14-18,22,25-27,32H,9-10,13H2,1-8H3,(H,33,36)/t18-,25+,26+,27+,32?/m0/s1. The number of hydrogen-bond donors (Lipinski definition) is 1. The van der Waals surface area contributed by atoms with Crippen LogP contribution in [-0.4, -0.2) is 70.1 Å². The largest absolute Gasteiger partial charge is 0.423 e. The minimum Gasteiger partial charge on any atom is -0.423 e. The zero-order valence-electron chi connectivity index (χ0n) is 27.0. The first-order valence-electron chi connectivity index (χ1n) is 15.3. The highest BCUT2D eigenvalue weighted by Crippen LogP contribution is 2.32. The van der Waals surface area contributed by atoms with Crippen LogP contribution in [-0.2, 0) is 28.6 Å². The number of fused-ring (bicyclic) bond motifs is 1. The Morgan fingerprint density at radius 1 is 1.02 bits per heavy atom. The molecule has 1 heterocycles. The monoisotopic (exact) mass is 629 g/mol. The van der Waals surface area contributed by atoms with Crippen molar-refractivity contribution in [3.8, 4) is 0 Å². The molecule has 0 saturated carbocycles. The summed E-state index contributed by atoms with van der Waals surface area (Å²) >= 11 is 0. The Balaban J connectivity index is 1.83. The van der Waals surface area contributed by atoms with E-state index in [0.717, 1.165) is 29.9 Å². The molecular formula is C32H43N3O10. The molecule has 3 amide bonds. The summed E-state index contributed by atoms with van der Waals surface area (Å²) in [5, 5.41) is 14.2. The van der Waals surface area contributed by atoms with Crippen LogP contribution in [0, 0.1) is 27.9 Å². The SMILES string of the molecule is CCC(CC)O[C@@H]1C=C(C(=O)OC(OC(=O)[C@@H](C(C)C)N2C(=O)c3ccc([N+](=O)[O-])cc3C2=O)C(C)C)C[C@H](C)[C@H]1NC(C)=O. The van der Waals surface area contributed by atoms with Crippen LogP contribution in [0.1, 0.15) is 95.4 Å². The third kappa shape index (κ3) is 7.94. The molecule has 1 aliphatic carbocycles. The maximum atomic E-state index is 13.6. The molecule has 3 rings (SSSR count). The summed E-state index contributed by atoms with van der Waals surface area (Å²) in [6.07, 6.45) is 1.39. The average molecular weight is 630 g/mol. The molecule has 1 aromatic rings. The van der Waals surface area contributed by atoms with E-state index in [0.29, 0.717) is 5.57 Å². The second-order valence-corrected chi connectivity index (χ2v) is 12.2. The third-order valence-electron chi connectivity index (χ3n) is 8.03. The lowest BCUT2D eigenvalue weighted by atomic mass is 9.83. The summed E-state index contributed by atoms with van der Waals surface area (Å²) in [4.78, 5) is 76.7. The van der Waals surface area contributed by atoms with E-state index in [2.05, 4.69) is 5.32 Å². The van der Waals surface area contributed by atoms with E-state index in [1.54, 1.807) is 33.8 Å². The number of ether oxygens (including phenoxy) is 3. The van der Waals surface area contributed by atoms with Crippen molar-refractivity contribution < 1.29 is 43.1 Å². The number of rotatable bonds is 13. The molecule has 0 spiro atoms. The smallest absolute Gasteiger partial charge is 0.336 e. The summed E-state index contributed by atoms with van der Waals surface area (Å²) in [5.41, 5.74) is -0.295. The number of carbonyl (C=O) groups is 5. The number of carbonyl (C=O) groups excluding carboxylic acids is 5. The van der Waals surface area contributed by atoms with Crippen molar-refractivity contribution in [2.45, 2.75) is 105 Å². The summed E-state index contributed by atoms with van der Waals surface area (Å²) in [6.45, 7) is 13.9. The molecule has 0 fully saturated rings. The van der Waals surface area contributed by atoms with Crippen LogP contribution in [0.2, 0.25) is 0 Å². The number of benzene rings is 1. The van der Waals surface area contributed by atoms with Crippen LogP contribution in [0.5, 0.6) is 0 Å². The zero-order chi connectivity index (χ0) is 33.7. The van der Waals surface area contributed by atoms with Crippen molar-refractivity contribution in [2.24, 2.45) is 17.8 Å². The molecule has 0 radical (unpaired) electrons. The fourth-order valence-electron chi connectivity index (χ4n) is 5.56. The highest BCUT2D eigenvalue weighted by molar-refractivity contribution is 6.23. The van der Waals surface area contributed by atoms with Crippen molar-refractivity contribution in [1.29, 1.82) is 0 Å². The topological polar surface area (TPSA) is 171 Å². The molecule has 1 aliphatic heterocycles. The van der Waals surface area contributed by atoms with Gasteiger partial charge in [0.2, 0.25) is 12.2 Å². The lowest BCUT2D eigenvalue weighted by Gasteiger charge is -2.37. The van der Waals surface area contributed by atoms with Gasteiger partial charge in [0.15, 0.2) is 0 Å². The normalized spacial score (nSPS) is 21.0. The van der Waals surface area contributed by atoms with Gasteiger partial charge in [-0.15, -0.1) is 0 Å². The number of nitro benzene ring substituents is 1. The van der Waals surface area contributed by atoms with Gasteiger partial charge in [-0.1, -0.05) is 48.5 Å². The molecular weight excluding hydrogens is 586 g/mol. The van der Waals surface area contributed by atoms with Crippen LogP contribution in [0.4, 0.5) is 5.69 Å². The van der Waals surface area contributed by atoms with Crippen molar-refractivity contribution >= 4 is 35.3 Å². The van der Waals surface area contributed by atoms with Crippen LogP contribution < -0.4 is 5.32 Å². The maximum Gasteiger partial charge on any atom is 0.336 e. The molecule has 0 saturated heterocycles. The molecule has 246 valence electrons. The molecule has 1 N–H and O–H groups in total. The number of amides is 3. The minimum absolute atomic E-state index is 0.0584. The number of nitrogens with zero attached hydrogens (tertiary/aromatic N) is 2. The molecule has 1 aromatic carbocycles. The van der Waals surface area contributed by atoms with Gasteiger partial charge < -0.3 is 19.5 Å². The average Bonchev–Trinajstić information content (AvgIpc) is 3.21.